The van der Waals surface area contributed by atoms with Crippen LogP contribution in [-0.2, 0) is 24.2 Å². The van der Waals surface area contributed by atoms with Crippen LogP contribution in [0.1, 0.15) is 22.3 Å². The normalized spacial score (nSPS) is 13.9. The summed E-state index contributed by atoms with van der Waals surface area (Å²) in [6.07, 6.45) is 1.46. The van der Waals surface area contributed by atoms with Crippen molar-refractivity contribution in [2.45, 2.75) is 19.4 Å². The molecule has 2 nitrogen and oxygen atoms in total. The molecule has 0 aromatic heterocycles. The number of amides is 1. The highest BCUT2D eigenvalue weighted by molar-refractivity contribution is 5.80. The second-order valence-corrected chi connectivity index (χ2v) is 4.72. The molecule has 0 aliphatic carbocycles. The molecule has 1 aliphatic heterocycles. The van der Waals surface area contributed by atoms with Crippen molar-refractivity contribution in [2.75, 3.05) is 0 Å². The van der Waals surface area contributed by atoms with E-state index in [2.05, 4.69) is 47.8 Å². The Balaban J connectivity index is 1.85. The summed E-state index contributed by atoms with van der Waals surface area (Å²) in [4.78, 5) is 11.3. The van der Waals surface area contributed by atoms with Crippen molar-refractivity contribution >= 4 is 5.91 Å². The molecule has 1 aliphatic rings. The number of nitrogens with one attached hydrogen (secondary N) is 1. The highest BCUT2D eigenvalue weighted by Crippen LogP contribution is 2.18. The fourth-order valence-electron chi connectivity index (χ4n) is 2.39. The monoisotopic (exact) mass is 237 g/mol. The maximum absolute atomic E-state index is 11.3. The predicted octanol–water partition coefficient (Wildman–Crippen LogP) is 2.45. The zero-order valence-corrected chi connectivity index (χ0v) is 10.1. The Bertz CT molecular complexity index is 575. The third-order valence-corrected chi connectivity index (χ3v) is 3.35. The van der Waals surface area contributed by atoms with Gasteiger partial charge < -0.3 is 5.32 Å². The molecule has 1 amide bonds. The van der Waals surface area contributed by atoms with Crippen molar-refractivity contribution in [3.8, 4) is 0 Å². The lowest BCUT2D eigenvalue weighted by Crippen LogP contribution is -2.30. The van der Waals surface area contributed by atoms with Crippen molar-refractivity contribution < 1.29 is 4.79 Å². The van der Waals surface area contributed by atoms with Gasteiger partial charge in [-0.25, -0.2) is 0 Å². The van der Waals surface area contributed by atoms with Crippen LogP contribution in [0.5, 0.6) is 0 Å². The molecule has 0 fully saturated rings. The minimum absolute atomic E-state index is 0.123. The Kier molecular flexibility index (Phi) is 2.85. The number of hydrogen-bond donors (Lipinski definition) is 1. The van der Waals surface area contributed by atoms with Crippen molar-refractivity contribution in [2.24, 2.45) is 0 Å². The molecular weight excluding hydrogens is 222 g/mol. The number of fused-ring (bicyclic) bond motifs is 1. The lowest BCUT2D eigenvalue weighted by Gasteiger charge is -2.17. The standard InChI is InChI=1S/C16H15NO/c18-16-10-14-7-6-13(9-15(14)11-17-16)8-12-4-2-1-3-5-12/h1-7,9H,8,10-11H2,(H,17,18). The van der Waals surface area contributed by atoms with Gasteiger partial charge in [-0.1, -0.05) is 48.5 Å². The second kappa shape index (κ2) is 4.65. The second-order valence-electron chi connectivity index (χ2n) is 4.72. The molecule has 0 saturated heterocycles. The van der Waals surface area contributed by atoms with E-state index in [0.29, 0.717) is 13.0 Å². The van der Waals surface area contributed by atoms with Crippen molar-refractivity contribution in [1.29, 1.82) is 0 Å². The molecular formula is C16H15NO. The van der Waals surface area contributed by atoms with Gasteiger partial charge in [-0.2, -0.15) is 0 Å². The maximum Gasteiger partial charge on any atom is 0.224 e. The van der Waals surface area contributed by atoms with Crippen LogP contribution in [-0.4, -0.2) is 5.91 Å². The smallest absolute Gasteiger partial charge is 0.224 e. The molecule has 0 spiro atoms. The molecule has 0 radical (unpaired) electrons. The molecule has 3 rings (SSSR count). The van der Waals surface area contributed by atoms with Gasteiger partial charge in [0.2, 0.25) is 5.91 Å². The molecule has 0 atom stereocenters. The average molecular weight is 237 g/mol. The van der Waals surface area contributed by atoms with E-state index in [1.165, 1.54) is 16.7 Å². The van der Waals surface area contributed by atoms with Crippen LogP contribution in [0, 0.1) is 0 Å². The Labute approximate surface area is 107 Å². The number of carbonyl (C=O) groups excluding carboxylic acids is 1. The fraction of sp³-hybridized carbons (Fsp3) is 0.188. The maximum atomic E-state index is 11.3. The van der Waals surface area contributed by atoms with Gasteiger partial charge in [0.15, 0.2) is 0 Å². The third-order valence-electron chi connectivity index (χ3n) is 3.35. The lowest BCUT2D eigenvalue weighted by molar-refractivity contribution is -0.121. The Morgan fingerprint density at radius 2 is 1.78 bits per heavy atom. The number of carbonyl (C=O) groups is 1. The molecule has 2 heteroatoms. The molecule has 1 heterocycles. The van der Waals surface area contributed by atoms with E-state index in [1.807, 2.05) is 6.07 Å². The predicted molar refractivity (Wildman–Crippen MR) is 71.2 cm³/mol. The highest BCUT2D eigenvalue weighted by atomic mass is 16.1. The molecule has 18 heavy (non-hydrogen) atoms. The Hall–Kier alpha value is -2.09. The fourth-order valence-corrected chi connectivity index (χ4v) is 2.39. The Morgan fingerprint density at radius 1 is 0.944 bits per heavy atom. The average Bonchev–Trinajstić information content (AvgIpc) is 2.40. The highest BCUT2D eigenvalue weighted by Gasteiger charge is 2.14. The van der Waals surface area contributed by atoms with Gasteiger partial charge in [0.25, 0.3) is 0 Å². The van der Waals surface area contributed by atoms with Gasteiger partial charge in [-0.3, -0.25) is 4.79 Å². The zero-order chi connectivity index (χ0) is 12.4. The van der Waals surface area contributed by atoms with Crippen LogP contribution in [0.4, 0.5) is 0 Å². The first-order chi connectivity index (χ1) is 8.81. The van der Waals surface area contributed by atoms with Crippen LogP contribution >= 0.6 is 0 Å². The third kappa shape index (κ3) is 2.28. The van der Waals surface area contributed by atoms with Crippen LogP contribution in [0.25, 0.3) is 0 Å². The van der Waals surface area contributed by atoms with Gasteiger partial charge in [0, 0.05) is 6.54 Å². The summed E-state index contributed by atoms with van der Waals surface area (Å²) in [6, 6.07) is 16.9. The molecule has 0 unspecified atom stereocenters. The molecule has 1 N–H and O–H groups in total. The quantitative estimate of drug-likeness (QED) is 0.854. The van der Waals surface area contributed by atoms with Crippen molar-refractivity contribution in [3.05, 3.63) is 70.8 Å². The molecule has 2 aromatic rings. The molecule has 0 saturated carbocycles. The van der Waals surface area contributed by atoms with E-state index in [1.54, 1.807) is 0 Å². The first-order valence-corrected chi connectivity index (χ1v) is 6.22. The summed E-state index contributed by atoms with van der Waals surface area (Å²) >= 11 is 0. The zero-order valence-electron chi connectivity index (χ0n) is 10.1. The van der Waals surface area contributed by atoms with Crippen molar-refractivity contribution in [3.63, 3.8) is 0 Å². The van der Waals surface area contributed by atoms with Gasteiger partial charge in [-0.15, -0.1) is 0 Å². The Morgan fingerprint density at radius 3 is 2.61 bits per heavy atom. The van der Waals surface area contributed by atoms with E-state index in [4.69, 9.17) is 0 Å². The van der Waals surface area contributed by atoms with Crippen LogP contribution in [0.2, 0.25) is 0 Å². The van der Waals surface area contributed by atoms with E-state index in [9.17, 15) is 4.79 Å². The SMILES string of the molecule is O=C1Cc2ccc(Cc3ccccc3)cc2CN1. The first kappa shape index (κ1) is 11.0. The molecule has 2 aromatic carbocycles. The van der Waals surface area contributed by atoms with Crippen molar-refractivity contribution in [1.82, 2.24) is 5.32 Å². The van der Waals surface area contributed by atoms with Gasteiger partial charge >= 0.3 is 0 Å². The van der Waals surface area contributed by atoms with Gasteiger partial charge in [-0.05, 0) is 28.7 Å². The number of rotatable bonds is 2. The lowest BCUT2D eigenvalue weighted by atomic mass is 9.95. The van der Waals surface area contributed by atoms with E-state index >= 15 is 0 Å². The topological polar surface area (TPSA) is 29.1 Å². The summed E-state index contributed by atoms with van der Waals surface area (Å²) in [7, 11) is 0. The van der Waals surface area contributed by atoms with E-state index in [-0.39, 0.29) is 5.91 Å². The van der Waals surface area contributed by atoms with Crippen LogP contribution in [0.15, 0.2) is 48.5 Å². The van der Waals surface area contributed by atoms with E-state index < -0.39 is 0 Å². The summed E-state index contributed by atoms with van der Waals surface area (Å²) in [5.41, 5.74) is 5.03. The van der Waals surface area contributed by atoms with Gasteiger partial charge in [0.05, 0.1) is 6.42 Å². The number of benzene rings is 2. The largest absolute Gasteiger partial charge is 0.352 e. The summed E-state index contributed by atoms with van der Waals surface area (Å²) in [6.45, 7) is 0.663. The van der Waals surface area contributed by atoms with E-state index in [0.717, 1.165) is 12.0 Å². The number of hydrogen-bond acceptors (Lipinski definition) is 1. The summed E-state index contributed by atoms with van der Waals surface area (Å²) in [5, 5.41) is 2.89. The summed E-state index contributed by atoms with van der Waals surface area (Å²) < 4.78 is 0. The van der Waals surface area contributed by atoms with Gasteiger partial charge in [0.1, 0.15) is 0 Å². The molecule has 90 valence electrons. The minimum atomic E-state index is 0.123. The van der Waals surface area contributed by atoms with Crippen LogP contribution < -0.4 is 5.32 Å². The van der Waals surface area contributed by atoms with Crippen LogP contribution in [0.3, 0.4) is 0 Å². The summed E-state index contributed by atoms with van der Waals surface area (Å²) in [5.74, 6) is 0.123. The first-order valence-electron chi connectivity index (χ1n) is 6.22. The minimum Gasteiger partial charge on any atom is -0.352 e. The molecule has 0 bridgehead atoms.